The SMILES string of the molecule is C[C@@H](O)CCCNC(=O)OC(C)(C)C. The molecule has 4 nitrogen and oxygen atoms in total. The monoisotopic (exact) mass is 203 g/mol. The summed E-state index contributed by atoms with van der Waals surface area (Å²) in [7, 11) is 0. The number of hydrogen-bond donors (Lipinski definition) is 2. The maximum absolute atomic E-state index is 11.1. The van der Waals surface area contributed by atoms with Crippen LogP contribution in [0.25, 0.3) is 0 Å². The van der Waals surface area contributed by atoms with Crippen molar-refractivity contribution in [1.29, 1.82) is 0 Å². The van der Waals surface area contributed by atoms with Crippen molar-refractivity contribution >= 4 is 6.09 Å². The zero-order chi connectivity index (χ0) is 11.2. The molecular weight excluding hydrogens is 182 g/mol. The van der Waals surface area contributed by atoms with Crippen LogP contribution in [0.3, 0.4) is 0 Å². The molecule has 84 valence electrons. The van der Waals surface area contributed by atoms with Gasteiger partial charge in [-0.1, -0.05) is 0 Å². The van der Waals surface area contributed by atoms with Gasteiger partial charge in [-0.05, 0) is 40.5 Å². The minimum absolute atomic E-state index is 0.310. The predicted octanol–water partition coefficient (Wildman–Crippen LogP) is 1.67. The Morgan fingerprint density at radius 3 is 2.50 bits per heavy atom. The molecule has 0 saturated heterocycles. The van der Waals surface area contributed by atoms with Crippen LogP contribution in [0.5, 0.6) is 0 Å². The highest BCUT2D eigenvalue weighted by molar-refractivity contribution is 5.67. The number of aliphatic hydroxyl groups excluding tert-OH is 1. The second-order valence-corrected chi connectivity index (χ2v) is 4.42. The lowest BCUT2D eigenvalue weighted by Gasteiger charge is -2.19. The molecule has 0 aromatic heterocycles. The van der Waals surface area contributed by atoms with Crippen LogP contribution in [0.2, 0.25) is 0 Å². The van der Waals surface area contributed by atoms with Crippen LogP contribution in [0, 0.1) is 0 Å². The predicted molar refractivity (Wildman–Crippen MR) is 55.2 cm³/mol. The van der Waals surface area contributed by atoms with Crippen molar-refractivity contribution in [3.05, 3.63) is 0 Å². The highest BCUT2D eigenvalue weighted by Crippen LogP contribution is 2.06. The number of aliphatic hydroxyl groups is 1. The number of amides is 1. The van der Waals surface area contributed by atoms with Crippen LogP contribution in [-0.4, -0.2) is 29.4 Å². The second kappa shape index (κ2) is 5.86. The van der Waals surface area contributed by atoms with Gasteiger partial charge in [0.15, 0.2) is 0 Å². The third kappa shape index (κ3) is 9.32. The number of ether oxygens (including phenoxy) is 1. The Morgan fingerprint density at radius 2 is 2.07 bits per heavy atom. The van der Waals surface area contributed by atoms with Crippen LogP contribution >= 0.6 is 0 Å². The van der Waals surface area contributed by atoms with Crippen molar-refractivity contribution in [2.24, 2.45) is 0 Å². The van der Waals surface area contributed by atoms with E-state index in [1.165, 1.54) is 0 Å². The molecule has 0 bridgehead atoms. The van der Waals surface area contributed by atoms with Crippen LogP contribution in [0.1, 0.15) is 40.5 Å². The molecule has 1 amide bonds. The second-order valence-electron chi connectivity index (χ2n) is 4.42. The number of carbonyl (C=O) groups is 1. The maximum atomic E-state index is 11.1. The van der Waals surface area contributed by atoms with Crippen LogP contribution in [0.15, 0.2) is 0 Å². The van der Waals surface area contributed by atoms with Gasteiger partial charge in [0.2, 0.25) is 0 Å². The number of nitrogens with one attached hydrogen (secondary N) is 1. The molecule has 0 spiro atoms. The molecular formula is C10H21NO3. The molecule has 0 rings (SSSR count). The summed E-state index contributed by atoms with van der Waals surface area (Å²) >= 11 is 0. The fraction of sp³-hybridized carbons (Fsp3) is 0.900. The molecule has 0 aromatic carbocycles. The largest absolute Gasteiger partial charge is 0.444 e. The molecule has 4 heteroatoms. The molecule has 0 radical (unpaired) electrons. The Kier molecular flexibility index (Phi) is 5.53. The molecule has 2 N–H and O–H groups in total. The van der Waals surface area contributed by atoms with Gasteiger partial charge in [0.05, 0.1) is 6.10 Å². The zero-order valence-electron chi connectivity index (χ0n) is 9.46. The minimum atomic E-state index is -0.450. The molecule has 0 aromatic rings. The first-order valence-electron chi connectivity index (χ1n) is 4.96. The molecule has 0 saturated carbocycles. The van der Waals surface area contributed by atoms with Gasteiger partial charge in [-0.25, -0.2) is 4.79 Å². The third-order valence-corrected chi connectivity index (χ3v) is 1.47. The average molecular weight is 203 g/mol. The summed E-state index contributed by atoms with van der Waals surface area (Å²) in [6, 6.07) is 0. The molecule has 0 aliphatic rings. The fourth-order valence-electron chi connectivity index (χ4n) is 0.902. The van der Waals surface area contributed by atoms with E-state index in [-0.39, 0.29) is 6.10 Å². The summed E-state index contributed by atoms with van der Waals surface area (Å²) in [5, 5.41) is 11.6. The van der Waals surface area contributed by atoms with Gasteiger partial charge in [-0.3, -0.25) is 0 Å². The minimum Gasteiger partial charge on any atom is -0.444 e. The van der Waals surface area contributed by atoms with E-state index in [0.717, 1.165) is 6.42 Å². The molecule has 1 atom stereocenters. The van der Waals surface area contributed by atoms with E-state index >= 15 is 0 Å². The van der Waals surface area contributed by atoms with E-state index in [4.69, 9.17) is 9.84 Å². The Hall–Kier alpha value is -0.770. The van der Waals surface area contributed by atoms with Crippen molar-refractivity contribution < 1.29 is 14.6 Å². The number of hydrogen-bond acceptors (Lipinski definition) is 3. The number of rotatable bonds is 4. The van der Waals surface area contributed by atoms with Gasteiger partial charge in [0, 0.05) is 6.54 Å². The summed E-state index contributed by atoms with van der Waals surface area (Å²) in [4.78, 5) is 11.1. The van der Waals surface area contributed by atoms with Crippen molar-refractivity contribution in [3.63, 3.8) is 0 Å². The molecule has 0 aliphatic heterocycles. The van der Waals surface area contributed by atoms with Crippen molar-refractivity contribution in [2.75, 3.05) is 6.54 Å². The van der Waals surface area contributed by atoms with Crippen LogP contribution in [0.4, 0.5) is 4.79 Å². The van der Waals surface area contributed by atoms with Gasteiger partial charge >= 0.3 is 6.09 Å². The highest BCUT2D eigenvalue weighted by atomic mass is 16.6. The van der Waals surface area contributed by atoms with E-state index < -0.39 is 11.7 Å². The molecule has 0 heterocycles. The van der Waals surface area contributed by atoms with Gasteiger partial charge in [-0.15, -0.1) is 0 Å². The summed E-state index contributed by atoms with van der Waals surface area (Å²) in [6.07, 6.45) is 0.741. The van der Waals surface area contributed by atoms with E-state index in [1.54, 1.807) is 6.92 Å². The maximum Gasteiger partial charge on any atom is 0.407 e. The van der Waals surface area contributed by atoms with Crippen molar-refractivity contribution in [2.45, 2.75) is 52.2 Å². The van der Waals surface area contributed by atoms with Crippen LogP contribution in [-0.2, 0) is 4.74 Å². The fourth-order valence-corrected chi connectivity index (χ4v) is 0.902. The smallest absolute Gasteiger partial charge is 0.407 e. The summed E-state index contributed by atoms with van der Waals surface area (Å²) < 4.78 is 5.03. The lowest BCUT2D eigenvalue weighted by Crippen LogP contribution is -2.33. The number of alkyl carbamates (subject to hydrolysis) is 1. The van der Waals surface area contributed by atoms with Crippen molar-refractivity contribution in [3.8, 4) is 0 Å². The third-order valence-electron chi connectivity index (χ3n) is 1.47. The molecule has 0 fully saturated rings. The molecule has 0 aliphatic carbocycles. The van der Waals surface area contributed by atoms with Crippen molar-refractivity contribution in [1.82, 2.24) is 5.32 Å². The topological polar surface area (TPSA) is 58.6 Å². The Morgan fingerprint density at radius 1 is 1.50 bits per heavy atom. The van der Waals surface area contributed by atoms with E-state index in [0.29, 0.717) is 13.0 Å². The normalized spacial score (nSPS) is 13.5. The van der Waals surface area contributed by atoms with E-state index in [2.05, 4.69) is 5.32 Å². The summed E-state index contributed by atoms with van der Waals surface area (Å²) in [5.41, 5.74) is -0.450. The first-order valence-corrected chi connectivity index (χ1v) is 4.96. The summed E-state index contributed by atoms with van der Waals surface area (Å²) in [5.74, 6) is 0. The first kappa shape index (κ1) is 13.2. The molecule has 14 heavy (non-hydrogen) atoms. The lowest BCUT2D eigenvalue weighted by atomic mass is 10.2. The lowest BCUT2D eigenvalue weighted by molar-refractivity contribution is 0.0524. The average Bonchev–Trinajstić information content (AvgIpc) is 1.94. The zero-order valence-corrected chi connectivity index (χ0v) is 9.46. The van der Waals surface area contributed by atoms with Crippen LogP contribution < -0.4 is 5.32 Å². The number of carbonyl (C=O) groups excluding carboxylic acids is 1. The quantitative estimate of drug-likeness (QED) is 0.683. The van der Waals surface area contributed by atoms with Gasteiger partial charge < -0.3 is 15.2 Å². The van der Waals surface area contributed by atoms with Gasteiger partial charge in [-0.2, -0.15) is 0 Å². The van der Waals surface area contributed by atoms with Gasteiger partial charge in [0.1, 0.15) is 5.60 Å². The highest BCUT2D eigenvalue weighted by Gasteiger charge is 2.15. The Bertz CT molecular complexity index is 173. The van der Waals surface area contributed by atoms with E-state index in [9.17, 15) is 4.79 Å². The first-order chi connectivity index (χ1) is 6.31. The molecule has 0 unspecified atom stereocenters. The Labute approximate surface area is 85.6 Å². The standard InChI is InChI=1S/C10H21NO3/c1-8(12)6-5-7-11-9(13)14-10(2,3)4/h8,12H,5-7H2,1-4H3,(H,11,13)/t8-/m1/s1. The van der Waals surface area contributed by atoms with E-state index in [1.807, 2.05) is 20.8 Å². The Balaban J connectivity index is 3.46. The summed E-state index contributed by atoms with van der Waals surface area (Å²) in [6.45, 7) is 7.74. The van der Waals surface area contributed by atoms with Gasteiger partial charge in [0.25, 0.3) is 0 Å².